The van der Waals surface area contributed by atoms with Gasteiger partial charge in [0, 0.05) is 0 Å². The van der Waals surface area contributed by atoms with E-state index >= 15 is 0 Å². The topological polar surface area (TPSA) is 231 Å². The Labute approximate surface area is 105 Å². The van der Waals surface area contributed by atoms with Crippen LogP contribution in [0.3, 0.4) is 0 Å². The van der Waals surface area contributed by atoms with E-state index < -0.39 is 15.3 Å². The van der Waals surface area contributed by atoms with Crippen molar-refractivity contribution in [3.05, 3.63) is 40.8 Å². The standard InChI is InChI=1S/Ca.HNO3.2NO3.H3N/c;3*2-1(3)4;/h;(H,2,3,4);;;1H3/q+2;;2*-1;/i;4*1+1. The summed E-state index contributed by atoms with van der Waals surface area (Å²) in [6.07, 6.45) is 0. The van der Waals surface area contributed by atoms with Gasteiger partial charge in [-0.25, -0.2) is 0 Å². The second-order valence-corrected chi connectivity index (χ2v) is 0.685. The molecule has 0 aromatic carbocycles. The maximum Gasteiger partial charge on any atom is 2.00 e. The molecule has 80 valence electrons. The fraction of sp³-hybridized carbons (Fsp3) is 0. The molecule has 0 aliphatic carbocycles. The third-order valence-corrected chi connectivity index (χ3v) is 0. The number of hydrogen-bond acceptors (Lipinski definition) is 9. The molecule has 0 saturated heterocycles. The number of rotatable bonds is 0. The first-order valence-corrected chi connectivity index (χ1v) is 1.66. The maximum absolute atomic E-state index is 8.36. The van der Waals surface area contributed by atoms with Crippen molar-refractivity contribution in [2.45, 2.75) is 0 Å². The first-order valence-electron chi connectivity index (χ1n) is 1.66. The summed E-state index contributed by atoms with van der Waals surface area (Å²) in [5, 5.41) is 43.1. The molecule has 13 nitrogen and oxygen atoms in total. The summed E-state index contributed by atoms with van der Waals surface area (Å²) >= 11 is 0. The van der Waals surface area contributed by atoms with Crippen LogP contribution in [0.5, 0.6) is 0 Å². The van der Waals surface area contributed by atoms with Gasteiger partial charge in [-0.2, -0.15) is 0 Å². The Hall–Kier alpha value is -1.18. The normalized spacial score (nSPS) is 5.14. The fourth-order valence-corrected chi connectivity index (χ4v) is 0. The predicted molar refractivity (Wildman–Crippen MR) is 40.3 cm³/mol. The second-order valence-electron chi connectivity index (χ2n) is 0.685. The maximum atomic E-state index is 8.36. The zero-order chi connectivity index (χ0) is 10.7. The first kappa shape index (κ1) is 29.3. The molecule has 0 radical (unpaired) electrons. The first-order chi connectivity index (χ1) is 5.20. The van der Waals surface area contributed by atoms with Crippen LogP contribution in [-0.4, -0.2) is 58.2 Å². The molecule has 4 N–H and O–H groups in total. The van der Waals surface area contributed by atoms with Crippen molar-refractivity contribution in [2.24, 2.45) is 0 Å². The summed E-state index contributed by atoms with van der Waals surface area (Å²) in [6.45, 7) is 0. The van der Waals surface area contributed by atoms with Gasteiger partial charge in [-0.15, -0.1) is 10.1 Å². The molecular weight excluding hydrogens is 244 g/mol. The minimum absolute atomic E-state index is 0. The van der Waals surface area contributed by atoms with E-state index in [1.165, 1.54) is 0 Å². The van der Waals surface area contributed by atoms with E-state index in [-0.39, 0.29) is 43.9 Å². The van der Waals surface area contributed by atoms with Gasteiger partial charge in [-0.3, -0.25) is 0 Å². The van der Waals surface area contributed by atoms with Gasteiger partial charge >= 0.3 is 37.7 Å². The predicted octanol–water partition coefficient (Wildman–Crippen LogP) is -1.04. The van der Waals surface area contributed by atoms with Gasteiger partial charge in [0.15, 0.2) is 0 Å². The van der Waals surface area contributed by atoms with Gasteiger partial charge in [0.05, 0.1) is 10.2 Å². The van der Waals surface area contributed by atoms with Crippen molar-refractivity contribution < 1.29 is 20.5 Å². The molecule has 0 saturated carbocycles. The van der Waals surface area contributed by atoms with E-state index in [2.05, 4.69) is 0 Å². The quantitative estimate of drug-likeness (QED) is 0.228. The monoisotopic (exact) mass is 248 g/mol. The van der Waals surface area contributed by atoms with Crippen LogP contribution in [0.15, 0.2) is 0 Å². The van der Waals surface area contributed by atoms with Gasteiger partial charge in [-0.1, -0.05) is 0 Å². The third kappa shape index (κ3) is 749. The Morgan fingerprint density at radius 3 is 0.786 bits per heavy atom. The second kappa shape index (κ2) is 22.6. The summed E-state index contributed by atoms with van der Waals surface area (Å²) in [4.78, 5) is 24.9. The molecule has 0 atom stereocenters. The molecule has 0 aliphatic rings. The van der Waals surface area contributed by atoms with Crippen LogP contribution < -0.4 is 6.15 Å². The van der Waals surface area contributed by atoms with E-state index in [0.717, 1.165) is 0 Å². The smallest absolute Gasteiger partial charge is 0.356 e. The van der Waals surface area contributed by atoms with Crippen LogP contribution in [0.2, 0.25) is 0 Å². The van der Waals surface area contributed by atoms with Crippen LogP contribution >= 0.6 is 0 Å². The largest absolute Gasteiger partial charge is 2.00 e. The summed E-state index contributed by atoms with van der Waals surface area (Å²) in [5.74, 6) is 0. The average Bonchev–Trinajstić information content (AvgIpc) is 1.54. The molecule has 14 heteroatoms. The zero-order valence-corrected chi connectivity index (χ0v) is 8.68. The van der Waals surface area contributed by atoms with E-state index in [1.807, 2.05) is 0 Å². The van der Waals surface area contributed by atoms with Crippen LogP contribution in [0, 0.1) is 40.8 Å². The van der Waals surface area contributed by atoms with E-state index in [0.29, 0.717) is 0 Å². The molecular formula is H4CaN4O9. The van der Waals surface area contributed by atoms with Gasteiger partial charge in [0.25, 0.3) is 5.09 Å². The Kier molecular flexibility index (Phi) is 47.3. The van der Waals surface area contributed by atoms with Crippen molar-refractivity contribution in [1.29, 1.82) is 0 Å². The summed E-state index contributed by atoms with van der Waals surface area (Å²) in [5.41, 5.74) is 0. The number of nitrogens with zero attached hydrogens (tertiary/aromatic N) is 3. The van der Waals surface area contributed by atoms with Crippen molar-refractivity contribution in [3.8, 4) is 0 Å². The summed E-state index contributed by atoms with van der Waals surface area (Å²) < 4.78 is 0. The Balaban J connectivity index is -0.0000000270. The van der Waals surface area contributed by atoms with E-state index in [9.17, 15) is 0 Å². The van der Waals surface area contributed by atoms with Gasteiger partial charge in [0.1, 0.15) is 0 Å². The molecule has 0 heterocycles. The van der Waals surface area contributed by atoms with Gasteiger partial charge < -0.3 is 42.0 Å². The minimum Gasteiger partial charge on any atom is -0.356 e. The molecule has 0 spiro atoms. The average molecular weight is 248 g/mol. The molecule has 0 fully saturated rings. The minimum atomic E-state index is -1.75. The van der Waals surface area contributed by atoms with Crippen molar-refractivity contribution >= 4 is 37.7 Å². The Bertz CT molecular complexity index is 114. The van der Waals surface area contributed by atoms with E-state index in [1.54, 1.807) is 0 Å². The fourth-order valence-electron chi connectivity index (χ4n) is 0. The van der Waals surface area contributed by atoms with Crippen LogP contribution in [-0.2, 0) is 0 Å². The van der Waals surface area contributed by atoms with Crippen LogP contribution in [0.1, 0.15) is 0 Å². The molecule has 0 bridgehead atoms. The van der Waals surface area contributed by atoms with Crippen LogP contribution in [0.4, 0.5) is 0 Å². The van der Waals surface area contributed by atoms with Gasteiger partial charge in [0.2, 0.25) is 0 Å². The van der Waals surface area contributed by atoms with Gasteiger partial charge in [-0.05, 0) is 0 Å². The molecule has 0 aliphatic heterocycles. The van der Waals surface area contributed by atoms with Crippen LogP contribution in [0.25, 0.3) is 0 Å². The molecule has 0 rings (SSSR count). The molecule has 0 aromatic rings. The third-order valence-electron chi connectivity index (χ3n) is 0. The number of hydrogen-bond donors (Lipinski definition) is 2. The van der Waals surface area contributed by atoms with E-state index in [4.69, 9.17) is 46.0 Å². The molecule has 0 amide bonds. The SMILES string of the molecule is O=[15N+]([O-])O.O=[15N+]([O-])[O-].O=[15N+]([O-])[O-].[15NH3].[Ca+2]. The van der Waals surface area contributed by atoms with Crippen molar-refractivity contribution in [3.63, 3.8) is 0 Å². The Morgan fingerprint density at radius 2 is 0.786 bits per heavy atom. The Morgan fingerprint density at radius 1 is 0.786 bits per heavy atom. The zero-order valence-electron chi connectivity index (χ0n) is 6.47. The van der Waals surface area contributed by atoms with Crippen molar-refractivity contribution in [1.82, 2.24) is 6.15 Å². The summed E-state index contributed by atoms with van der Waals surface area (Å²) in [6, 6.07) is 0. The van der Waals surface area contributed by atoms with Crippen molar-refractivity contribution in [2.75, 3.05) is 0 Å². The molecule has 0 aromatic heterocycles. The molecule has 14 heavy (non-hydrogen) atoms. The molecule has 0 unspecified atom stereocenters. The summed E-state index contributed by atoms with van der Waals surface area (Å²) in [7, 11) is 0.